The highest BCUT2D eigenvalue weighted by Gasteiger charge is 2.30. The summed E-state index contributed by atoms with van der Waals surface area (Å²) in [5.74, 6) is -4.73. The molecule has 0 aliphatic rings. The first-order chi connectivity index (χ1) is 13.9. The zero-order valence-electron chi connectivity index (χ0n) is 16.8. The van der Waals surface area contributed by atoms with Gasteiger partial charge in [0.05, 0.1) is 6.04 Å². The highest BCUT2D eigenvalue weighted by atomic mass is 32.1. The summed E-state index contributed by atoms with van der Waals surface area (Å²) in [6.45, 7) is 3.64. The Morgan fingerprint density at radius 2 is 1.30 bits per heavy atom. The fourth-order valence-corrected chi connectivity index (χ4v) is 2.82. The molecule has 13 heteroatoms. The zero-order valence-corrected chi connectivity index (χ0v) is 18.6. The van der Waals surface area contributed by atoms with Crippen LogP contribution in [0.3, 0.4) is 0 Å². The molecule has 0 aliphatic carbocycles. The standard InChI is InChI=1S/C17H30N4O7S2/c1-8(2)5-10(15(25)21-12(7-30)17(27)28)19-16(26)11(6-29)20-14(24)9(18)3-4-13(22)23/h8-12,29-30H,3-7,18H2,1-2H3,(H,19,26)(H,20,24)(H,21,25)(H,22,23)(H,27,28). The van der Waals surface area contributed by atoms with E-state index in [1.54, 1.807) is 0 Å². The molecule has 0 heterocycles. The van der Waals surface area contributed by atoms with Gasteiger partial charge in [-0.2, -0.15) is 25.3 Å². The highest BCUT2D eigenvalue weighted by Crippen LogP contribution is 2.07. The van der Waals surface area contributed by atoms with Crippen LogP contribution in [0.1, 0.15) is 33.1 Å². The highest BCUT2D eigenvalue weighted by molar-refractivity contribution is 7.80. The zero-order chi connectivity index (χ0) is 23.4. The molecule has 3 amide bonds. The van der Waals surface area contributed by atoms with E-state index in [2.05, 4.69) is 41.2 Å². The Morgan fingerprint density at radius 1 is 0.833 bits per heavy atom. The fourth-order valence-electron chi connectivity index (χ4n) is 2.32. The van der Waals surface area contributed by atoms with Gasteiger partial charge in [-0.3, -0.25) is 19.2 Å². The van der Waals surface area contributed by atoms with Crippen LogP contribution in [-0.2, 0) is 24.0 Å². The van der Waals surface area contributed by atoms with E-state index < -0.39 is 53.8 Å². The van der Waals surface area contributed by atoms with Crippen molar-refractivity contribution >= 4 is 54.9 Å². The van der Waals surface area contributed by atoms with Crippen LogP contribution in [-0.4, -0.2) is 75.5 Å². The predicted molar refractivity (Wildman–Crippen MR) is 115 cm³/mol. The molecule has 0 rings (SSSR count). The van der Waals surface area contributed by atoms with Crippen molar-refractivity contribution in [1.29, 1.82) is 0 Å². The van der Waals surface area contributed by atoms with E-state index in [4.69, 9.17) is 15.9 Å². The van der Waals surface area contributed by atoms with Crippen molar-refractivity contribution in [2.24, 2.45) is 11.7 Å². The van der Waals surface area contributed by atoms with Crippen molar-refractivity contribution in [3.8, 4) is 0 Å². The lowest BCUT2D eigenvalue weighted by Gasteiger charge is -2.25. The molecule has 4 atom stereocenters. The summed E-state index contributed by atoms with van der Waals surface area (Å²) in [4.78, 5) is 58.8. The number of amides is 3. The maximum Gasteiger partial charge on any atom is 0.327 e. The summed E-state index contributed by atoms with van der Waals surface area (Å²) in [6, 6.07) is -4.52. The van der Waals surface area contributed by atoms with Gasteiger partial charge in [0.15, 0.2) is 0 Å². The Labute approximate surface area is 185 Å². The number of nitrogens with two attached hydrogens (primary N) is 1. The first-order valence-electron chi connectivity index (χ1n) is 9.25. The minimum atomic E-state index is -1.26. The van der Waals surface area contributed by atoms with Gasteiger partial charge in [-0.1, -0.05) is 13.8 Å². The second kappa shape index (κ2) is 14.1. The van der Waals surface area contributed by atoms with E-state index in [-0.39, 0.29) is 36.7 Å². The van der Waals surface area contributed by atoms with Crippen molar-refractivity contribution in [2.75, 3.05) is 11.5 Å². The van der Waals surface area contributed by atoms with Crippen LogP contribution in [0.4, 0.5) is 0 Å². The Bertz CT molecular complexity index is 633. The van der Waals surface area contributed by atoms with Crippen LogP contribution in [0, 0.1) is 5.92 Å². The van der Waals surface area contributed by atoms with Crippen molar-refractivity contribution in [3.05, 3.63) is 0 Å². The monoisotopic (exact) mass is 466 g/mol. The normalized spacial score (nSPS) is 14.9. The third-order valence-electron chi connectivity index (χ3n) is 3.96. The number of thiol groups is 2. The molecule has 0 saturated carbocycles. The number of carbonyl (C=O) groups is 5. The maximum absolute atomic E-state index is 12.6. The number of rotatable bonds is 14. The molecule has 0 fully saturated rings. The average Bonchev–Trinajstić information content (AvgIpc) is 2.66. The van der Waals surface area contributed by atoms with Crippen LogP contribution in [0.25, 0.3) is 0 Å². The van der Waals surface area contributed by atoms with E-state index >= 15 is 0 Å². The van der Waals surface area contributed by atoms with E-state index in [1.165, 1.54) is 0 Å². The summed E-state index contributed by atoms with van der Waals surface area (Å²) in [5, 5.41) is 24.9. The SMILES string of the molecule is CC(C)CC(NC(=O)C(CS)NC(=O)C(N)CCC(=O)O)C(=O)NC(CS)C(=O)O. The lowest BCUT2D eigenvalue weighted by molar-refractivity contribution is -0.141. The molecule has 0 saturated heterocycles. The molecule has 0 aromatic heterocycles. The van der Waals surface area contributed by atoms with Gasteiger partial charge >= 0.3 is 11.9 Å². The molecule has 0 bridgehead atoms. The van der Waals surface area contributed by atoms with Gasteiger partial charge in [0.1, 0.15) is 18.1 Å². The number of aliphatic carboxylic acids is 2. The molecule has 0 aromatic carbocycles. The summed E-state index contributed by atoms with van der Waals surface area (Å²) >= 11 is 7.91. The molecule has 30 heavy (non-hydrogen) atoms. The molecule has 0 aromatic rings. The number of carboxylic acids is 2. The smallest absolute Gasteiger partial charge is 0.327 e. The van der Waals surface area contributed by atoms with Crippen LogP contribution >= 0.6 is 25.3 Å². The van der Waals surface area contributed by atoms with Gasteiger partial charge in [0.2, 0.25) is 17.7 Å². The van der Waals surface area contributed by atoms with E-state index in [0.29, 0.717) is 0 Å². The maximum atomic E-state index is 12.6. The van der Waals surface area contributed by atoms with Gasteiger partial charge in [-0.15, -0.1) is 0 Å². The summed E-state index contributed by atoms with van der Waals surface area (Å²) in [6.07, 6.45) is -0.193. The van der Waals surface area contributed by atoms with Gasteiger partial charge < -0.3 is 31.9 Å². The molecule has 0 radical (unpaired) electrons. The minimum Gasteiger partial charge on any atom is -0.481 e. The molecule has 11 nitrogen and oxygen atoms in total. The van der Waals surface area contributed by atoms with Gasteiger partial charge in [0.25, 0.3) is 0 Å². The van der Waals surface area contributed by atoms with E-state index in [9.17, 15) is 24.0 Å². The van der Waals surface area contributed by atoms with Crippen LogP contribution < -0.4 is 21.7 Å². The van der Waals surface area contributed by atoms with Gasteiger partial charge in [-0.25, -0.2) is 4.79 Å². The Hall–Kier alpha value is -1.99. The topological polar surface area (TPSA) is 188 Å². The largest absolute Gasteiger partial charge is 0.481 e. The fraction of sp³-hybridized carbons (Fsp3) is 0.706. The molecular weight excluding hydrogens is 436 g/mol. The second-order valence-corrected chi connectivity index (χ2v) is 7.79. The minimum absolute atomic E-state index is 0.00573. The second-order valence-electron chi connectivity index (χ2n) is 7.06. The third-order valence-corrected chi connectivity index (χ3v) is 4.69. The number of carbonyl (C=O) groups excluding carboxylic acids is 3. The quantitative estimate of drug-likeness (QED) is 0.144. The van der Waals surface area contributed by atoms with E-state index in [1.807, 2.05) is 13.8 Å². The van der Waals surface area contributed by atoms with Crippen molar-refractivity contribution < 1.29 is 34.2 Å². The molecule has 172 valence electrons. The lowest BCUT2D eigenvalue weighted by atomic mass is 10.0. The molecule has 7 N–H and O–H groups in total. The Balaban J connectivity index is 5.12. The van der Waals surface area contributed by atoms with Crippen LogP contribution in [0.2, 0.25) is 0 Å². The third kappa shape index (κ3) is 10.7. The first kappa shape index (κ1) is 28.0. The van der Waals surface area contributed by atoms with Crippen LogP contribution in [0.5, 0.6) is 0 Å². The average molecular weight is 467 g/mol. The summed E-state index contributed by atoms with van der Waals surface area (Å²) in [5.41, 5.74) is 5.62. The number of hydrogen-bond donors (Lipinski definition) is 8. The van der Waals surface area contributed by atoms with Gasteiger partial charge in [0, 0.05) is 17.9 Å². The summed E-state index contributed by atoms with van der Waals surface area (Å²) in [7, 11) is 0. The van der Waals surface area contributed by atoms with Crippen molar-refractivity contribution in [3.63, 3.8) is 0 Å². The molecule has 0 spiro atoms. The van der Waals surface area contributed by atoms with E-state index in [0.717, 1.165) is 0 Å². The number of carboxylic acid groups (broad SMARTS) is 2. The molecule has 4 unspecified atom stereocenters. The number of hydrogen-bond acceptors (Lipinski definition) is 8. The Kier molecular flexibility index (Phi) is 13.2. The van der Waals surface area contributed by atoms with Crippen molar-refractivity contribution in [2.45, 2.75) is 57.3 Å². The molecule has 0 aliphatic heterocycles. The Morgan fingerprint density at radius 3 is 1.73 bits per heavy atom. The van der Waals surface area contributed by atoms with Crippen LogP contribution in [0.15, 0.2) is 0 Å². The lowest BCUT2D eigenvalue weighted by Crippen LogP contribution is -2.58. The summed E-state index contributed by atoms with van der Waals surface area (Å²) < 4.78 is 0. The van der Waals surface area contributed by atoms with Crippen molar-refractivity contribution in [1.82, 2.24) is 16.0 Å². The molecular formula is C17H30N4O7S2. The number of nitrogens with one attached hydrogen (secondary N) is 3. The first-order valence-corrected chi connectivity index (χ1v) is 10.5. The predicted octanol–water partition coefficient (Wildman–Crippen LogP) is -1.38. The van der Waals surface area contributed by atoms with Gasteiger partial charge in [-0.05, 0) is 18.8 Å².